The lowest BCUT2D eigenvalue weighted by Gasteiger charge is -2.09. The first-order valence-electron chi connectivity index (χ1n) is 3.71. The minimum atomic E-state index is -4.10. The lowest BCUT2D eigenvalue weighted by Crippen LogP contribution is -2.14. The lowest BCUT2D eigenvalue weighted by molar-refractivity contribution is 0.140. The molecule has 0 radical (unpaired) electrons. The van der Waals surface area contributed by atoms with Crippen LogP contribution in [-0.2, 0) is 10.0 Å². The first kappa shape index (κ1) is 11.8. The van der Waals surface area contributed by atoms with Crippen molar-refractivity contribution in [2.45, 2.75) is 11.3 Å². The molecule has 0 atom stereocenters. The highest BCUT2D eigenvalue weighted by molar-refractivity contribution is 7.89. The summed E-state index contributed by atoms with van der Waals surface area (Å²) in [7, 11) is -3.03. The quantitative estimate of drug-likeness (QED) is 0.839. The molecule has 84 valence electrons. The van der Waals surface area contributed by atoms with Crippen LogP contribution in [0.1, 0.15) is 12.1 Å². The van der Waals surface area contributed by atoms with Gasteiger partial charge in [-0.15, -0.1) is 0 Å². The average Bonchev–Trinajstić information content (AvgIpc) is 2.15. The molecule has 0 amide bonds. The van der Waals surface area contributed by atoms with Crippen molar-refractivity contribution < 1.29 is 21.9 Å². The fourth-order valence-electron chi connectivity index (χ4n) is 1.03. The van der Waals surface area contributed by atoms with Gasteiger partial charge < -0.3 is 4.74 Å². The Kier molecular flexibility index (Phi) is 3.20. The molecule has 1 rings (SSSR count). The van der Waals surface area contributed by atoms with Crippen molar-refractivity contribution >= 4 is 10.0 Å². The molecular weight excluding hydrogens is 230 g/mol. The van der Waals surface area contributed by atoms with E-state index in [0.717, 1.165) is 19.4 Å². The Bertz CT molecular complexity index is 461. The van der Waals surface area contributed by atoms with Crippen LogP contribution in [0.2, 0.25) is 0 Å². The van der Waals surface area contributed by atoms with E-state index >= 15 is 0 Å². The molecule has 0 fully saturated rings. The summed E-state index contributed by atoms with van der Waals surface area (Å²) < 4.78 is 51.4. The molecule has 1 aromatic heterocycles. The van der Waals surface area contributed by atoms with Gasteiger partial charge in [0.2, 0.25) is 10.0 Å². The Morgan fingerprint density at radius 1 is 1.53 bits per heavy atom. The Morgan fingerprint density at radius 2 is 2.13 bits per heavy atom. The van der Waals surface area contributed by atoms with Gasteiger partial charge in [0.25, 0.3) is 6.43 Å². The third kappa shape index (κ3) is 2.39. The Balaban J connectivity index is 3.49. The van der Waals surface area contributed by atoms with Crippen LogP contribution in [0.4, 0.5) is 8.78 Å². The Morgan fingerprint density at radius 3 is 2.53 bits per heavy atom. The van der Waals surface area contributed by atoms with E-state index in [0.29, 0.717) is 0 Å². The van der Waals surface area contributed by atoms with Crippen molar-refractivity contribution in [3.05, 3.63) is 18.0 Å². The Labute approximate surface area is 84.9 Å². The average molecular weight is 238 g/mol. The summed E-state index contributed by atoms with van der Waals surface area (Å²) in [5, 5.41) is 4.82. The summed E-state index contributed by atoms with van der Waals surface area (Å²) in [6.07, 6.45) is -1.99. The molecule has 2 N–H and O–H groups in total. The van der Waals surface area contributed by atoms with Gasteiger partial charge in [-0.05, 0) is 6.07 Å². The van der Waals surface area contributed by atoms with Crippen LogP contribution in [0.15, 0.2) is 17.2 Å². The molecule has 5 nitrogen and oxygen atoms in total. The number of hydrogen-bond donors (Lipinski definition) is 1. The highest BCUT2D eigenvalue weighted by Crippen LogP contribution is 2.31. The fraction of sp³-hybridized carbons (Fsp3) is 0.286. The number of alkyl halides is 2. The zero-order chi connectivity index (χ0) is 11.6. The largest absolute Gasteiger partial charge is 0.493 e. The molecule has 0 spiro atoms. The molecule has 0 unspecified atom stereocenters. The third-order valence-corrected chi connectivity index (χ3v) is 2.55. The van der Waals surface area contributed by atoms with Gasteiger partial charge in [0.1, 0.15) is 10.6 Å². The maximum atomic E-state index is 12.4. The fourth-order valence-corrected chi connectivity index (χ4v) is 1.73. The number of halogens is 2. The van der Waals surface area contributed by atoms with Crippen LogP contribution >= 0.6 is 0 Å². The van der Waals surface area contributed by atoms with E-state index in [2.05, 4.69) is 9.72 Å². The van der Waals surface area contributed by atoms with E-state index in [9.17, 15) is 17.2 Å². The zero-order valence-corrected chi connectivity index (χ0v) is 8.46. The third-order valence-electron chi connectivity index (χ3n) is 1.61. The van der Waals surface area contributed by atoms with Gasteiger partial charge in [-0.1, -0.05) is 0 Å². The molecule has 0 saturated carbocycles. The molecule has 1 heterocycles. The summed E-state index contributed by atoms with van der Waals surface area (Å²) in [5.74, 6) is -0.519. The number of nitrogens with zero attached hydrogens (tertiary/aromatic N) is 1. The van der Waals surface area contributed by atoms with Crippen LogP contribution in [0.5, 0.6) is 5.75 Å². The van der Waals surface area contributed by atoms with E-state index in [1.54, 1.807) is 0 Å². The highest BCUT2D eigenvalue weighted by atomic mass is 32.2. The highest BCUT2D eigenvalue weighted by Gasteiger charge is 2.23. The number of hydrogen-bond acceptors (Lipinski definition) is 4. The molecule has 0 aromatic carbocycles. The standard InChI is InChI=1S/C7H8F2N2O3S/c1-14-6-4(15(10,12)13)2-3-11-5(6)7(8)9/h2-3,7H,1H3,(H2,10,12,13). The summed E-state index contributed by atoms with van der Waals surface area (Å²) >= 11 is 0. The van der Waals surface area contributed by atoms with Crippen LogP contribution in [0.25, 0.3) is 0 Å². The summed E-state index contributed by atoms with van der Waals surface area (Å²) in [4.78, 5) is 2.82. The second-order valence-electron chi connectivity index (χ2n) is 2.57. The van der Waals surface area contributed by atoms with Crippen molar-refractivity contribution in [1.82, 2.24) is 4.98 Å². The number of primary sulfonamides is 1. The maximum Gasteiger partial charge on any atom is 0.284 e. The van der Waals surface area contributed by atoms with E-state index in [1.165, 1.54) is 0 Å². The van der Waals surface area contributed by atoms with Crippen LogP contribution in [-0.4, -0.2) is 20.5 Å². The first-order valence-corrected chi connectivity index (χ1v) is 5.26. The van der Waals surface area contributed by atoms with E-state index in [4.69, 9.17) is 5.14 Å². The van der Waals surface area contributed by atoms with Crippen LogP contribution in [0, 0.1) is 0 Å². The first-order chi connectivity index (χ1) is 6.88. The number of sulfonamides is 1. The van der Waals surface area contributed by atoms with Crippen molar-refractivity contribution in [3.63, 3.8) is 0 Å². The van der Waals surface area contributed by atoms with E-state index < -0.39 is 32.8 Å². The molecule has 0 aliphatic rings. The van der Waals surface area contributed by atoms with Crippen molar-refractivity contribution in [1.29, 1.82) is 0 Å². The van der Waals surface area contributed by atoms with E-state index in [1.807, 2.05) is 0 Å². The van der Waals surface area contributed by atoms with Crippen molar-refractivity contribution in [2.75, 3.05) is 7.11 Å². The molecular formula is C7H8F2N2O3S. The van der Waals surface area contributed by atoms with Crippen LogP contribution < -0.4 is 9.88 Å². The number of ether oxygens (including phenoxy) is 1. The molecule has 1 aromatic rings. The molecule has 0 aliphatic carbocycles. The number of nitrogens with two attached hydrogens (primary N) is 1. The second kappa shape index (κ2) is 4.07. The monoisotopic (exact) mass is 238 g/mol. The van der Waals surface area contributed by atoms with Gasteiger partial charge in [0.15, 0.2) is 5.75 Å². The maximum absolute atomic E-state index is 12.4. The predicted octanol–water partition coefficient (Wildman–Crippen LogP) is 0.675. The molecule has 0 aliphatic heterocycles. The SMILES string of the molecule is COc1c(S(N)(=O)=O)ccnc1C(F)F. The number of pyridine rings is 1. The summed E-state index contributed by atoms with van der Waals surface area (Å²) in [6, 6.07) is 1.00. The topological polar surface area (TPSA) is 82.3 Å². The number of aromatic nitrogens is 1. The van der Waals surface area contributed by atoms with Gasteiger partial charge in [-0.25, -0.2) is 22.3 Å². The van der Waals surface area contributed by atoms with Gasteiger partial charge in [0, 0.05) is 6.20 Å². The van der Waals surface area contributed by atoms with Gasteiger partial charge >= 0.3 is 0 Å². The van der Waals surface area contributed by atoms with Crippen molar-refractivity contribution in [3.8, 4) is 5.75 Å². The van der Waals surface area contributed by atoms with Gasteiger partial charge in [0.05, 0.1) is 7.11 Å². The zero-order valence-electron chi connectivity index (χ0n) is 7.65. The number of rotatable bonds is 3. The van der Waals surface area contributed by atoms with Crippen molar-refractivity contribution in [2.24, 2.45) is 5.14 Å². The minimum Gasteiger partial charge on any atom is -0.493 e. The number of methoxy groups -OCH3 is 1. The summed E-state index contributed by atoms with van der Waals surface area (Å²) in [5.41, 5.74) is -0.746. The second-order valence-corrected chi connectivity index (χ2v) is 4.10. The van der Waals surface area contributed by atoms with Crippen LogP contribution in [0.3, 0.4) is 0 Å². The molecule has 15 heavy (non-hydrogen) atoms. The molecule has 0 bridgehead atoms. The minimum absolute atomic E-state index is 0.504. The molecule has 8 heteroatoms. The normalized spacial score (nSPS) is 11.8. The smallest absolute Gasteiger partial charge is 0.284 e. The van der Waals surface area contributed by atoms with Gasteiger partial charge in [-0.3, -0.25) is 4.98 Å². The Hall–Kier alpha value is -1.28. The predicted molar refractivity (Wildman–Crippen MR) is 47.1 cm³/mol. The van der Waals surface area contributed by atoms with E-state index in [-0.39, 0.29) is 0 Å². The molecule has 0 saturated heterocycles. The lowest BCUT2D eigenvalue weighted by atomic mass is 10.3. The summed E-state index contributed by atoms with van der Waals surface area (Å²) in [6.45, 7) is 0. The van der Waals surface area contributed by atoms with Gasteiger partial charge in [-0.2, -0.15) is 0 Å².